The van der Waals surface area contributed by atoms with Crippen LogP contribution >= 0.6 is 23.5 Å². The highest BCUT2D eigenvalue weighted by Crippen LogP contribution is 2.36. The average Bonchev–Trinajstić information content (AvgIpc) is 2.67. The van der Waals surface area contributed by atoms with Crippen LogP contribution in [0.15, 0.2) is 47.5 Å². The van der Waals surface area contributed by atoms with Crippen LogP contribution in [0.25, 0.3) is 0 Å². The van der Waals surface area contributed by atoms with Crippen molar-refractivity contribution >= 4 is 45.2 Å². The maximum atomic E-state index is 12.5. The molecule has 0 saturated carbocycles. The fourth-order valence-electron chi connectivity index (χ4n) is 2.64. The van der Waals surface area contributed by atoms with Gasteiger partial charge >= 0.3 is 0 Å². The van der Waals surface area contributed by atoms with E-state index in [1.54, 1.807) is 17.8 Å². The molecule has 2 aromatic carbocycles. The van der Waals surface area contributed by atoms with Gasteiger partial charge in [-0.15, -0.1) is 0 Å². The minimum Gasteiger partial charge on any atom is -0.486 e. The SMILES string of the molecule is C[C@H](SC1=Nc2ccccc2CS1)C(=O)Nc1ccc2c(c1)OCCO2. The van der Waals surface area contributed by atoms with Crippen LogP contribution in [0.2, 0.25) is 0 Å². The summed E-state index contributed by atoms with van der Waals surface area (Å²) in [5.74, 6) is 2.20. The molecule has 134 valence electrons. The summed E-state index contributed by atoms with van der Waals surface area (Å²) in [4.78, 5) is 17.2. The molecule has 4 rings (SSSR count). The lowest BCUT2D eigenvalue weighted by atomic mass is 10.2. The van der Waals surface area contributed by atoms with Crippen molar-refractivity contribution < 1.29 is 14.3 Å². The Morgan fingerprint density at radius 3 is 2.88 bits per heavy atom. The minimum atomic E-state index is -0.250. The monoisotopic (exact) mass is 386 g/mol. The molecule has 2 aliphatic rings. The van der Waals surface area contributed by atoms with Gasteiger partial charge in [0.15, 0.2) is 11.5 Å². The zero-order valence-electron chi connectivity index (χ0n) is 14.2. The zero-order valence-corrected chi connectivity index (χ0v) is 15.9. The molecular formula is C19H18N2O3S2. The lowest BCUT2D eigenvalue weighted by molar-refractivity contribution is -0.115. The summed E-state index contributed by atoms with van der Waals surface area (Å²) in [7, 11) is 0. The van der Waals surface area contributed by atoms with Gasteiger partial charge in [-0.3, -0.25) is 4.79 Å². The Kier molecular flexibility index (Phi) is 5.08. The highest BCUT2D eigenvalue weighted by atomic mass is 32.2. The molecule has 0 bridgehead atoms. The van der Waals surface area contributed by atoms with Crippen molar-refractivity contribution in [2.45, 2.75) is 17.9 Å². The second-order valence-corrected chi connectivity index (χ2v) is 8.45. The number of anilines is 1. The maximum absolute atomic E-state index is 12.5. The van der Waals surface area contributed by atoms with E-state index in [9.17, 15) is 4.79 Å². The number of carbonyl (C=O) groups excluding carboxylic acids is 1. The molecule has 0 fully saturated rings. The van der Waals surface area contributed by atoms with E-state index >= 15 is 0 Å². The summed E-state index contributed by atoms with van der Waals surface area (Å²) in [6.45, 7) is 2.96. The lowest BCUT2D eigenvalue weighted by Crippen LogP contribution is -2.24. The summed E-state index contributed by atoms with van der Waals surface area (Å²) < 4.78 is 12.0. The molecule has 0 aromatic heterocycles. The first-order valence-corrected chi connectivity index (χ1v) is 10.2. The fraction of sp³-hybridized carbons (Fsp3) is 0.263. The lowest BCUT2D eigenvalue weighted by Gasteiger charge is -2.20. The number of nitrogens with zero attached hydrogens (tertiary/aromatic N) is 1. The highest BCUT2D eigenvalue weighted by molar-refractivity contribution is 8.39. The van der Waals surface area contributed by atoms with E-state index in [1.165, 1.54) is 17.3 Å². The normalized spacial score (nSPS) is 16.3. The van der Waals surface area contributed by atoms with Gasteiger partial charge in [0.1, 0.15) is 17.6 Å². The molecule has 0 aliphatic carbocycles. The molecule has 1 amide bonds. The summed E-state index contributed by atoms with van der Waals surface area (Å²) in [6.07, 6.45) is 0. The minimum absolute atomic E-state index is 0.0613. The molecule has 7 heteroatoms. The summed E-state index contributed by atoms with van der Waals surface area (Å²) in [5, 5.41) is 2.69. The molecule has 1 N–H and O–H groups in total. The van der Waals surface area contributed by atoms with Crippen LogP contribution in [-0.4, -0.2) is 28.7 Å². The number of carbonyl (C=O) groups is 1. The maximum Gasteiger partial charge on any atom is 0.237 e. The Hall–Kier alpha value is -2.12. The van der Waals surface area contributed by atoms with Crippen LogP contribution in [0.3, 0.4) is 0 Å². The van der Waals surface area contributed by atoms with Crippen LogP contribution in [0.5, 0.6) is 11.5 Å². The van der Waals surface area contributed by atoms with E-state index in [1.807, 2.05) is 37.3 Å². The standard InChI is InChI=1S/C19H18N2O3S2/c1-12(26-19-21-15-5-3-2-4-13(15)11-25-19)18(22)20-14-6-7-16-17(10-14)24-9-8-23-16/h2-7,10,12H,8-9,11H2,1H3,(H,20,22)/t12-/m0/s1. The molecule has 26 heavy (non-hydrogen) atoms. The van der Waals surface area contributed by atoms with E-state index in [0.717, 1.165) is 15.8 Å². The van der Waals surface area contributed by atoms with Gasteiger partial charge in [-0.1, -0.05) is 41.7 Å². The first-order valence-electron chi connectivity index (χ1n) is 8.35. The van der Waals surface area contributed by atoms with E-state index in [4.69, 9.17) is 9.47 Å². The number of nitrogens with one attached hydrogen (secondary N) is 1. The summed E-state index contributed by atoms with van der Waals surface area (Å²) >= 11 is 3.16. The number of aliphatic imine (C=N–C) groups is 1. The van der Waals surface area contributed by atoms with Crippen LogP contribution in [0.1, 0.15) is 12.5 Å². The van der Waals surface area contributed by atoms with Gasteiger partial charge in [0, 0.05) is 17.5 Å². The van der Waals surface area contributed by atoms with Gasteiger partial charge in [-0.25, -0.2) is 4.99 Å². The Bertz CT molecular complexity index is 870. The van der Waals surface area contributed by atoms with Crippen molar-refractivity contribution in [2.75, 3.05) is 18.5 Å². The van der Waals surface area contributed by atoms with E-state index in [-0.39, 0.29) is 11.2 Å². The Morgan fingerprint density at radius 1 is 1.19 bits per heavy atom. The smallest absolute Gasteiger partial charge is 0.237 e. The molecule has 0 spiro atoms. The Labute approximate surface area is 160 Å². The van der Waals surface area contributed by atoms with Crippen LogP contribution in [0.4, 0.5) is 11.4 Å². The predicted octanol–water partition coefficient (Wildman–Crippen LogP) is 4.45. The average molecular weight is 386 g/mol. The molecule has 2 aliphatic heterocycles. The number of hydrogen-bond donors (Lipinski definition) is 1. The second-order valence-electron chi connectivity index (χ2n) is 5.90. The van der Waals surface area contributed by atoms with Crippen LogP contribution in [-0.2, 0) is 10.5 Å². The van der Waals surface area contributed by atoms with Crippen molar-refractivity contribution in [3.05, 3.63) is 48.0 Å². The van der Waals surface area contributed by atoms with Crippen LogP contribution < -0.4 is 14.8 Å². The van der Waals surface area contributed by atoms with Gasteiger partial charge in [0.2, 0.25) is 5.91 Å². The van der Waals surface area contributed by atoms with Crippen molar-refractivity contribution in [2.24, 2.45) is 4.99 Å². The van der Waals surface area contributed by atoms with Gasteiger partial charge in [-0.05, 0) is 30.7 Å². The predicted molar refractivity (Wildman–Crippen MR) is 108 cm³/mol. The highest BCUT2D eigenvalue weighted by Gasteiger charge is 2.21. The number of rotatable bonds is 3. The number of amides is 1. The number of benzene rings is 2. The van der Waals surface area contributed by atoms with E-state index in [2.05, 4.69) is 16.4 Å². The second kappa shape index (κ2) is 7.63. The third kappa shape index (κ3) is 3.83. The fourth-order valence-corrected chi connectivity index (χ4v) is 4.83. The first kappa shape index (κ1) is 17.3. The Balaban J connectivity index is 1.40. The quantitative estimate of drug-likeness (QED) is 0.844. The molecule has 1 atom stereocenters. The summed E-state index contributed by atoms with van der Waals surface area (Å²) in [5.41, 5.74) is 2.93. The van der Waals surface area contributed by atoms with E-state index in [0.29, 0.717) is 30.4 Å². The third-order valence-corrected chi connectivity index (χ3v) is 6.31. The molecular weight excluding hydrogens is 368 g/mol. The third-order valence-electron chi connectivity index (χ3n) is 4.01. The molecule has 0 unspecified atom stereocenters. The first-order chi connectivity index (χ1) is 12.7. The topological polar surface area (TPSA) is 59.9 Å². The van der Waals surface area contributed by atoms with Crippen molar-refractivity contribution in [3.63, 3.8) is 0 Å². The molecule has 0 saturated heterocycles. The van der Waals surface area contributed by atoms with Gasteiger partial charge < -0.3 is 14.8 Å². The van der Waals surface area contributed by atoms with Gasteiger partial charge in [-0.2, -0.15) is 0 Å². The van der Waals surface area contributed by atoms with Crippen molar-refractivity contribution in [3.8, 4) is 11.5 Å². The number of ether oxygens (including phenoxy) is 2. The van der Waals surface area contributed by atoms with E-state index < -0.39 is 0 Å². The molecule has 2 aromatic rings. The molecule has 2 heterocycles. The van der Waals surface area contributed by atoms with Gasteiger partial charge in [0.05, 0.1) is 10.9 Å². The molecule has 0 radical (unpaired) electrons. The van der Waals surface area contributed by atoms with Crippen molar-refractivity contribution in [1.29, 1.82) is 0 Å². The number of para-hydroxylation sites is 1. The number of fused-ring (bicyclic) bond motifs is 2. The summed E-state index contributed by atoms with van der Waals surface area (Å²) in [6, 6.07) is 13.6. The Morgan fingerprint density at radius 2 is 2.00 bits per heavy atom. The van der Waals surface area contributed by atoms with Gasteiger partial charge in [0.25, 0.3) is 0 Å². The number of thioether (sulfide) groups is 2. The number of hydrogen-bond acceptors (Lipinski definition) is 6. The zero-order chi connectivity index (χ0) is 17.9. The molecule has 5 nitrogen and oxygen atoms in total. The van der Waals surface area contributed by atoms with Crippen LogP contribution in [0, 0.1) is 0 Å². The largest absolute Gasteiger partial charge is 0.486 e. The van der Waals surface area contributed by atoms with Crippen molar-refractivity contribution in [1.82, 2.24) is 0 Å².